The molecule has 1 aliphatic rings. The van der Waals surface area contributed by atoms with E-state index >= 15 is 0 Å². The van der Waals surface area contributed by atoms with Crippen LogP contribution < -0.4 is 5.11 Å². The summed E-state index contributed by atoms with van der Waals surface area (Å²) in [7, 11) is 0. The molecule has 1 aliphatic heterocycles. The highest BCUT2D eigenvalue weighted by atomic mass is 35.5. The van der Waals surface area contributed by atoms with Crippen molar-refractivity contribution in [3.63, 3.8) is 0 Å². The molecule has 0 saturated carbocycles. The number of aromatic carboxylic acids is 1. The van der Waals surface area contributed by atoms with Crippen molar-refractivity contribution in [2.24, 2.45) is 0 Å². The lowest BCUT2D eigenvalue weighted by Crippen LogP contribution is -2.36. The average molecular weight is 405 g/mol. The van der Waals surface area contributed by atoms with E-state index < -0.39 is 5.97 Å². The molecule has 1 aromatic heterocycles. The maximum Gasteiger partial charge on any atom is 0.293 e. The van der Waals surface area contributed by atoms with Crippen LogP contribution in [-0.2, 0) is 4.79 Å². The summed E-state index contributed by atoms with van der Waals surface area (Å²) in [5.74, 6) is -0.974. The summed E-state index contributed by atoms with van der Waals surface area (Å²) in [4.78, 5) is 37.1. The molecular weight excluding hydrogens is 390 g/mol. The van der Waals surface area contributed by atoms with Crippen LogP contribution in [0.15, 0.2) is 39.7 Å². The van der Waals surface area contributed by atoms with Gasteiger partial charge in [-0.1, -0.05) is 24.6 Å². The van der Waals surface area contributed by atoms with E-state index in [2.05, 4.69) is 0 Å². The molecule has 0 spiro atoms. The SMILES string of the molecule is CC[C@@H](C)N1C(=O)S/C(=C\c2ccc(-c3cc(C(=O)[O-])ccc3Cl)o2)C1=O. The Morgan fingerprint density at radius 2 is 2.07 bits per heavy atom. The Labute approximate surface area is 164 Å². The molecule has 0 N–H and O–H groups in total. The van der Waals surface area contributed by atoms with E-state index in [0.717, 1.165) is 11.8 Å². The van der Waals surface area contributed by atoms with Crippen LogP contribution in [0.1, 0.15) is 36.4 Å². The van der Waals surface area contributed by atoms with Crippen LogP contribution in [0, 0.1) is 0 Å². The third-order valence-electron chi connectivity index (χ3n) is 4.22. The fourth-order valence-electron chi connectivity index (χ4n) is 2.59. The fourth-order valence-corrected chi connectivity index (χ4v) is 3.71. The summed E-state index contributed by atoms with van der Waals surface area (Å²) in [5, 5.41) is 11.0. The minimum absolute atomic E-state index is 0.0259. The van der Waals surface area contributed by atoms with E-state index in [9.17, 15) is 19.5 Å². The average Bonchev–Trinajstić information content (AvgIpc) is 3.19. The molecule has 8 heteroatoms. The van der Waals surface area contributed by atoms with Crippen molar-refractivity contribution < 1.29 is 23.9 Å². The second-order valence-electron chi connectivity index (χ2n) is 5.99. The Morgan fingerprint density at radius 1 is 1.33 bits per heavy atom. The summed E-state index contributed by atoms with van der Waals surface area (Å²) in [6.07, 6.45) is 2.16. The van der Waals surface area contributed by atoms with Gasteiger partial charge in [-0.05, 0) is 54.9 Å². The number of furan rings is 1. The lowest BCUT2D eigenvalue weighted by atomic mass is 10.1. The Bertz CT molecular complexity index is 965. The van der Waals surface area contributed by atoms with E-state index in [0.29, 0.717) is 28.5 Å². The zero-order valence-corrected chi connectivity index (χ0v) is 16.1. The Morgan fingerprint density at radius 3 is 2.74 bits per heavy atom. The Kier molecular flexibility index (Phi) is 5.43. The van der Waals surface area contributed by atoms with Gasteiger partial charge in [-0.25, -0.2) is 0 Å². The molecule has 3 rings (SSSR count). The number of carboxylic acids is 1. The number of imide groups is 1. The summed E-state index contributed by atoms with van der Waals surface area (Å²) in [5.41, 5.74) is 0.368. The van der Waals surface area contributed by atoms with Gasteiger partial charge in [0, 0.05) is 17.7 Å². The van der Waals surface area contributed by atoms with Crippen LogP contribution in [0.5, 0.6) is 0 Å². The first kappa shape index (κ1) is 19.3. The first-order valence-electron chi connectivity index (χ1n) is 8.20. The topological polar surface area (TPSA) is 90.7 Å². The summed E-state index contributed by atoms with van der Waals surface area (Å²) in [6.45, 7) is 3.72. The van der Waals surface area contributed by atoms with Gasteiger partial charge in [-0.15, -0.1) is 0 Å². The van der Waals surface area contributed by atoms with Crippen LogP contribution in [0.4, 0.5) is 4.79 Å². The van der Waals surface area contributed by atoms with Crippen molar-refractivity contribution in [2.45, 2.75) is 26.3 Å². The monoisotopic (exact) mass is 404 g/mol. The van der Waals surface area contributed by atoms with Crippen molar-refractivity contribution in [1.82, 2.24) is 4.90 Å². The van der Waals surface area contributed by atoms with Crippen molar-refractivity contribution in [3.8, 4) is 11.3 Å². The van der Waals surface area contributed by atoms with Gasteiger partial charge in [0.25, 0.3) is 11.1 Å². The highest BCUT2D eigenvalue weighted by Crippen LogP contribution is 2.36. The largest absolute Gasteiger partial charge is 0.545 e. The number of hydrogen-bond acceptors (Lipinski definition) is 6. The van der Waals surface area contributed by atoms with Crippen molar-refractivity contribution in [1.29, 1.82) is 0 Å². The van der Waals surface area contributed by atoms with Gasteiger partial charge in [0.05, 0.1) is 15.9 Å². The summed E-state index contributed by atoms with van der Waals surface area (Å²) >= 11 is 6.99. The number of amides is 2. The normalized spacial score (nSPS) is 17.0. The van der Waals surface area contributed by atoms with Crippen LogP contribution in [0.2, 0.25) is 5.02 Å². The number of rotatable bonds is 5. The highest BCUT2D eigenvalue weighted by molar-refractivity contribution is 8.18. The number of hydrogen-bond donors (Lipinski definition) is 0. The predicted molar refractivity (Wildman–Crippen MR) is 101 cm³/mol. The van der Waals surface area contributed by atoms with E-state index in [1.165, 1.54) is 29.2 Å². The zero-order chi connectivity index (χ0) is 19.7. The standard InChI is InChI=1S/C19H16ClNO5S/c1-3-10(2)21-17(22)16(27-19(21)25)9-12-5-7-15(26-12)13-8-11(18(23)24)4-6-14(13)20/h4-10H,3H2,1-2H3,(H,23,24)/p-1/b16-9-/t10-/m1/s1. The highest BCUT2D eigenvalue weighted by Gasteiger charge is 2.37. The predicted octanol–water partition coefficient (Wildman–Crippen LogP) is 3.80. The third kappa shape index (κ3) is 3.79. The van der Waals surface area contributed by atoms with Gasteiger partial charge >= 0.3 is 0 Å². The summed E-state index contributed by atoms with van der Waals surface area (Å²) < 4.78 is 5.68. The van der Waals surface area contributed by atoms with Crippen LogP contribution >= 0.6 is 23.4 Å². The number of nitrogens with zero attached hydrogens (tertiary/aromatic N) is 1. The smallest absolute Gasteiger partial charge is 0.293 e. The minimum Gasteiger partial charge on any atom is -0.545 e. The molecule has 27 heavy (non-hydrogen) atoms. The van der Waals surface area contributed by atoms with E-state index in [4.69, 9.17) is 16.0 Å². The number of thioether (sulfide) groups is 1. The molecule has 1 atom stereocenters. The number of benzene rings is 1. The molecule has 1 aromatic carbocycles. The van der Waals surface area contributed by atoms with Crippen LogP contribution in [-0.4, -0.2) is 28.1 Å². The van der Waals surface area contributed by atoms with Gasteiger partial charge in [0.2, 0.25) is 0 Å². The number of halogens is 1. The lowest BCUT2D eigenvalue weighted by Gasteiger charge is -2.19. The van der Waals surface area contributed by atoms with E-state index in [1.54, 1.807) is 12.1 Å². The van der Waals surface area contributed by atoms with Crippen LogP contribution in [0.25, 0.3) is 17.4 Å². The maximum atomic E-state index is 12.5. The molecule has 140 valence electrons. The maximum absolute atomic E-state index is 12.5. The first-order valence-corrected chi connectivity index (χ1v) is 9.39. The molecule has 0 bridgehead atoms. The van der Waals surface area contributed by atoms with Crippen LogP contribution in [0.3, 0.4) is 0 Å². The van der Waals surface area contributed by atoms with Gasteiger partial charge in [0.1, 0.15) is 11.5 Å². The quantitative estimate of drug-likeness (QED) is 0.704. The van der Waals surface area contributed by atoms with Gasteiger partial charge in [-0.3, -0.25) is 14.5 Å². The molecule has 2 amide bonds. The Hall–Kier alpha value is -2.51. The molecule has 2 aromatic rings. The summed E-state index contributed by atoms with van der Waals surface area (Å²) in [6, 6.07) is 7.20. The lowest BCUT2D eigenvalue weighted by molar-refractivity contribution is -0.255. The molecule has 0 unspecified atom stereocenters. The molecule has 1 fully saturated rings. The van der Waals surface area contributed by atoms with E-state index in [-0.39, 0.29) is 27.7 Å². The number of carbonyl (C=O) groups is 3. The van der Waals surface area contributed by atoms with Crippen molar-refractivity contribution in [2.75, 3.05) is 0 Å². The zero-order valence-electron chi connectivity index (χ0n) is 14.5. The fraction of sp³-hybridized carbons (Fsp3) is 0.211. The first-order chi connectivity index (χ1) is 12.8. The Balaban J connectivity index is 1.90. The molecule has 0 aliphatic carbocycles. The molecule has 1 saturated heterocycles. The molecule has 6 nitrogen and oxygen atoms in total. The van der Waals surface area contributed by atoms with Crippen molar-refractivity contribution >= 4 is 46.6 Å². The molecular formula is C19H15ClNO5S-. The van der Waals surface area contributed by atoms with Gasteiger partial charge in [0.15, 0.2) is 0 Å². The number of carbonyl (C=O) groups excluding carboxylic acids is 3. The van der Waals surface area contributed by atoms with Gasteiger partial charge < -0.3 is 14.3 Å². The van der Waals surface area contributed by atoms with E-state index in [1.807, 2.05) is 13.8 Å². The molecule has 0 radical (unpaired) electrons. The molecule has 2 heterocycles. The minimum atomic E-state index is -1.32. The third-order valence-corrected chi connectivity index (χ3v) is 5.44. The second kappa shape index (κ2) is 7.62. The number of carboxylic acid groups (broad SMARTS) is 1. The van der Waals surface area contributed by atoms with Gasteiger partial charge in [-0.2, -0.15) is 0 Å². The second-order valence-corrected chi connectivity index (χ2v) is 7.39. The van der Waals surface area contributed by atoms with Crippen molar-refractivity contribution in [3.05, 3.63) is 51.6 Å².